The molecule has 1 aliphatic rings. The molecule has 0 radical (unpaired) electrons. The highest BCUT2D eigenvalue weighted by Crippen LogP contribution is 2.29. The summed E-state index contributed by atoms with van der Waals surface area (Å²) in [6.07, 6.45) is 4.03. The number of hydrogen-bond acceptors (Lipinski definition) is 4. The fourth-order valence-corrected chi connectivity index (χ4v) is 3.21. The second-order valence-electron chi connectivity index (χ2n) is 6.48. The molecular formula is C18H24N4O2. The Labute approximate surface area is 142 Å². The molecule has 128 valence electrons. The molecule has 0 bridgehead atoms. The third-order valence-electron chi connectivity index (χ3n) is 4.48. The van der Waals surface area contributed by atoms with Gasteiger partial charge in [-0.05, 0) is 38.3 Å². The normalized spacial score (nSPS) is 18.3. The first-order valence-electron chi connectivity index (χ1n) is 8.49. The van der Waals surface area contributed by atoms with Crippen LogP contribution in [0.3, 0.4) is 0 Å². The number of carbonyl (C=O) groups is 1. The molecule has 1 aromatic carbocycles. The third-order valence-corrected chi connectivity index (χ3v) is 4.48. The lowest BCUT2D eigenvalue weighted by atomic mass is 10.1. The number of anilines is 1. The molecule has 3 rings (SSSR count). The first-order valence-corrected chi connectivity index (χ1v) is 8.49. The fourth-order valence-electron chi connectivity index (χ4n) is 3.21. The van der Waals surface area contributed by atoms with Gasteiger partial charge in [0.1, 0.15) is 0 Å². The molecule has 0 aliphatic carbocycles. The van der Waals surface area contributed by atoms with Crippen molar-refractivity contribution in [2.75, 3.05) is 11.9 Å². The Morgan fingerprint density at radius 1 is 1.25 bits per heavy atom. The third kappa shape index (κ3) is 3.58. The Morgan fingerprint density at radius 2 is 2.08 bits per heavy atom. The molecular weight excluding hydrogens is 304 g/mol. The van der Waals surface area contributed by atoms with E-state index in [-0.39, 0.29) is 12.1 Å². The second-order valence-corrected chi connectivity index (χ2v) is 6.48. The van der Waals surface area contributed by atoms with Gasteiger partial charge in [-0.3, -0.25) is 0 Å². The smallest absolute Gasteiger partial charge is 0.322 e. The first kappa shape index (κ1) is 16.5. The zero-order valence-corrected chi connectivity index (χ0v) is 14.5. The summed E-state index contributed by atoms with van der Waals surface area (Å²) in [7, 11) is 0. The van der Waals surface area contributed by atoms with Gasteiger partial charge in [0.2, 0.25) is 5.89 Å². The lowest BCUT2D eigenvalue weighted by Crippen LogP contribution is -2.38. The van der Waals surface area contributed by atoms with Crippen LogP contribution in [0.1, 0.15) is 54.6 Å². The van der Waals surface area contributed by atoms with E-state index < -0.39 is 0 Å². The summed E-state index contributed by atoms with van der Waals surface area (Å²) in [5.74, 6) is 1.13. The summed E-state index contributed by atoms with van der Waals surface area (Å²) < 4.78 is 5.12. The quantitative estimate of drug-likeness (QED) is 0.899. The molecule has 6 heteroatoms. The summed E-state index contributed by atoms with van der Waals surface area (Å²) in [5, 5.41) is 7.08. The molecule has 2 amide bonds. The monoisotopic (exact) mass is 328 g/mol. The zero-order valence-electron chi connectivity index (χ0n) is 14.5. The molecule has 1 atom stereocenters. The van der Waals surface area contributed by atoms with Crippen molar-refractivity contribution in [3.63, 3.8) is 0 Å². The summed E-state index contributed by atoms with van der Waals surface area (Å²) in [5.41, 5.74) is 3.09. The molecule has 2 aromatic rings. The van der Waals surface area contributed by atoms with Crippen LogP contribution in [0.15, 0.2) is 22.7 Å². The topological polar surface area (TPSA) is 71.3 Å². The zero-order chi connectivity index (χ0) is 17.1. The number of nitrogens with zero attached hydrogens (tertiary/aromatic N) is 3. The molecule has 0 saturated carbocycles. The molecule has 1 fully saturated rings. The van der Waals surface area contributed by atoms with Gasteiger partial charge in [-0.15, -0.1) is 0 Å². The maximum atomic E-state index is 12.9. The second kappa shape index (κ2) is 7.03. The van der Waals surface area contributed by atoms with Crippen molar-refractivity contribution in [2.24, 2.45) is 0 Å². The van der Waals surface area contributed by atoms with Crippen molar-refractivity contribution < 1.29 is 9.32 Å². The average Bonchev–Trinajstić information content (AvgIpc) is 2.83. The molecule has 0 unspecified atom stereocenters. The minimum Gasteiger partial charge on any atom is -0.340 e. The lowest BCUT2D eigenvalue weighted by Gasteiger charge is -2.28. The van der Waals surface area contributed by atoms with Crippen molar-refractivity contribution in [2.45, 2.75) is 52.5 Å². The SMILES string of the molecule is Cc1ccc(NC(=O)N2CCCCC[C@H]2c2noc(C)n2)c(C)c1. The van der Waals surface area contributed by atoms with E-state index in [0.717, 1.165) is 36.9 Å². The van der Waals surface area contributed by atoms with E-state index in [1.54, 1.807) is 6.92 Å². The number of rotatable bonds is 2. The molecule has 1 aliphatic heterocycles. The molecule has 1 saturated heterocycles. The number of hydrogen-bond donors (Lipinski definition) is 1. The van der Waals surface area contributed by atoms with Crippen LogP contribution in [0.4, 0.5) is 10.5 Å². The van der Waals surface area contributed by atoms with E-state index >= 15 is 0 Å². The highest BCUT2D eigenvalue weighted by Gasteiger charge is 2.30. The van der Waals surface area contributed by atoms with Gasteiger partial charge in [-0.25, -0.2) is 4.79 Å². The van der Waals surface area contributed by atoms with Crippen LogP contribution in [-0.4, -0.2) is 27.6 Å². The summed E-state index contributed by atoms with van der Waals surface area (Å²) in [6.45, 7) is 6.52. The number of aryl methyl sites for hydroxylation is 3. The van der Waals surface area contributed by atoms with Crippen LogP contribution in [0.2, 0.25) is 0 Å². The van der Waals surface area contributed by atoms with Crippen LogP contribution < -0.4 is 5.32 Å². The predicted molar refractivity (Wildman–Crippen MR) is 91.9 cm³/mol. The van der Waals surface area contributed by atoms with Crippen LogP contribution in [0.25, 0.3) is 0 Å². The Hall–Kier alpha value is -2.37. The van der Waals surface area contributed by atoms with Gasteiger partial charge in [-0.2, -0.15) is 4.98 Å². The van der Waals surface area contributed by atoms with E-state index in [1.807, 2.05) is 30.9 Å². The van der Waals surface area contributed by atoms with E-state index in [2.05, 4.69) is 21.5 Å². The minimum atomic E-state index is -0.129. The fraction of sp³-hybridized carbons (Fsp3) is 0.500. The summed E-state index contributed by atoms with van der Waals surface area (Å²) in [6, 6.07) is 5.80. The van der Waals surface area contributed by atoms with Gasteiger partial charge in [0, 0.05) is 19.2 Å². The van der Waals surface area contributed by atoms with E-state index in [1.165, 1.54) is 5.56 Å². The molecule has 1 aromatic heterocycles. The number of carbonyl (C=O) groups excluding carboxylic acids is 1. The van der Waals surface area contributed by atoms with Crippen molar-refractivity contribution >= 4 is 11.7 Å². The number of aromatic nitrogens is 2. The number of likely N-dealkylation sites (tertiary alicyclic amines) is 1. The maximum Gasteiger partial charge on any atom is 0.322 e. The van der Waals surface area contributed by atoms with Gasteiger partial charge in [0.25, 0.3) is 0 Å². The number of nitrogens with one attached hydrogen (secondary N) is 1. The summed E-state index contributed by atoms with van der Waals surface area (Å²) in [4.78, 5) is 19.1. The average molecular weight is 328 g/mol. The highest BCUT2D eigenvalue weighted by atomic mass is 16.5. The minimum absolute atomic E-state index is 0.101. The number of benzene rings is 1. The molecule has 6 nitrogen and oxygen atoms in total. The predicted octanol–water partition coefficient (Wildman–Crippen LogP) is 4.14. The maximum absolute atomic E-state index is 12.9. The standard InChI is InChI=1S/C18H24N4O2/c1-12-8-9-15(13(2)11-12)20-18(23)22-10-6-4-5-7-16(22)17-19-14(3)24-21-17/h8-9,11,16H,4-7,10H2,1-3H3,(H,20,23)/t16-/m0/s1. The lowest BCUT2D eigenvalue weighted by molar-refractivity contribution is 0.184. The number of urea groups is 1. The van der Waals surface area contributed by atoms with Gasteiger partial charge >= 0.3 is 6.03 Å². The van der Waals surface area contributed by atoms with Gasteiger partial charge < -0.3 is 14.7 Å². The Bertz CT molecular complexity index is 726. The van der Waals surface area contributed by atoms with Crippen LogP contribution in [0.5, 0.6) is 0 Å². The van der Waals surface area contributed by atoms with Crippen molar-refractivity contribution in [3.8, 4) is 0 Å². The Morgan fingerprint density at radius 3 is 2.79 bits per heavy atom. The Balaban J connectivity index is 1.81. The van der Waals surface area contributed by atoms with Crippen molar-refractivity contribution in [1.29, 1.82) is 0 Å². The van der Waals surface area contributed by atoms with E-state index in [4.69, 9.17) is 4.52 Å². The van der Waals surface area contributed by atoms with E-state index in [9.17, 15) is 4.79 Å². The Kier molecular flexibility index (Phi) is 4.83. The largest absolute Gasteiger partial charge is 0.340 e. The highest BCUT2D eigenvalue weighted by molar-refractivity contribution is 5.90. The van der Waals surface area contributed by atoms with Gasteiger partial charge in [-0.1, -0.05) is 35.7 Å². The molecule has 1 N–H and O–H groups in total. The molecule has 2 heterocycles. The first-order chi connectivity index (χ1) is 11.5. The van der Waals surface area contributed by atoms with Crippen LogP contribution >= 0.6 is 0 Å². The number of amides is 2. The summed E-state index contributed by atoms with van der Waals surface area (Å²) >= 11 is 0. The van der Waals surface area contributed by atoms with Crippen molar-refractivity contribution in [3.05, 3.63) is 41.0 Å². The van der Waals surface area contributed by atoms with E-state index in [0.29, 0.717) is 18.3 Å². The molecule has 0 spiro atoms. The van der Waals surface area contributed by atoms with Gasteiger partial charge in [0.15, 0.2) is 5.82 Å². The van der Waals surface area contributed by atoms with Gasteiger partial charge in [0.05, 0.1) is 6.04 Å². The van der Waals surface area contributed by atoms with Crippen LogP contribution in [-0.2, 0) is 0 Å². The van der Waals surface area contributed by atoms with Crippen molar-refractivity contribution in [1.82, 2.24) is 15.0 Å². The van der Waals surface area contributed by atoms with Crippen LogP contribution in [0, 0.1) is 20.8 Å². The molecule has 24 heavy (non-hydrogen) atoms.